The number of halogens is 2. The Bertz CT molecular complexity index is 671. The van der Waals surface area contributed by atoms with Gasteiger partial charge in [-0.25, -0.2) is 0 Å². The minimum atomic E-state index is -0.00240. The predicted molar refractivity (Wildman–Crippen MR) is 91.8 cm³/mol. The fourth-order valence-electron chi connectivity index (χ4n) is 2.61. The Morgan fingerprint density at radius 1 is 1.25 bits per heavy atom. The van der Waals surface area contributed by atoms with Crippen molar-refractivity contribution >= 4 is 44.4 Å². The van der Waals surface area contributed by atoms with Crippen LogP contribution in [0.25, 0.3) is 0 Å². The number of hydrogen-bond acceptors (Lipinski definition) is 1. The van der Waals surface area contributed by atoms with Crippen LogP contribution < -0.4 is 5.32 Å². The van der Waals surface area contributed by atoms with E-state index in [0.717, 1.165) is 26.4 Å². The van der Waals surface area contributed by atoms with Crippen molar-refractivity contribution < 1.29 is 4.79 Å². The van der Waals surface area contributed by atoms with Crippen molar-refractivity contribution in [2.24, 2.45) is 0 Å². The Morgan fingerprint density at radius 3 is 2.90 bits per heavy atom. The SMILES string of the molecule is O=C(NC1CCc2ccccc21)c1cc(Br)ccc1I. The Kier molecular flexibility index (Phi) is 4.12. The lowest BCUT2D eigenvalue weighted by atomic mass is 10.1. The second kappa shape index (κ2) is 5.85. The van der Waals surface area contributed by atoms with Crippen molar-refractivity contribution in [1.82, 2.24) is 5.32 Å². The summed E-state index contributed by atoms with van der Waals surface area (Å²) in [5.41, 5.74) is 3.33. The van der Waals surface area contributed by atoms with Gasteiger partial charge in [-0.05, 0) is 64.8 Å². The van der Waals surface area contributed by atoms with Gasteiger partial charge in [0.15, 0.2) is 0 Å². The number of nitrogens with one attached hydrogen (secondary N) is 1. The molecule has 0 saturated carbocycles. The zero-order valence-corrected chi connectivity index (χ0v) is 14.4. The summed E-state index contributed by atoms with van der Waals surface area (Å²) < 4.78 is 1.89. The van der Waals surface area contributed by atoms with E-state index in [1.807, 2.05) is 24.3 Å². The largest absolute Gasteiger partial charge is 0.345 e. The normalized spacial score (nSPS) is 16.8. The average molecular weight is 442 g/mol. The smallest absolute Gasteiger partial charge is 0.252 e. The van der Waals surface area contributed by atoms with Gasteiger partial charge in [-0.3, -0.25) is 4.79 Å². The molecule has 0 aromatic heterocycles. The number of aryl methyl sites for hydroxylation is 1. The van der Waals surface area contributed by atoms with E-state index in [1.54, 1.807) is 0 Å². The fraction of sp³-hybridized carbons (Fsp3) is 0.188. The van der Waals surface area contributed by atoms with Crippen LogP contribution in [0.3, 0.4) is 0 Å². The molecule has 0 heterocycles. The Labute approximate surface area is 140 Å². The highest BCUT2D eigenvalue weighted by molar-refractivity contribution is 14.1. The molecule has 0 aliphatic heterocycles. The highest BCUT2D eigenvalue weighted by atomic mass is 127. The lowest BCUT2D eigenvalue weighted by Crippen LogP contribution is -2.27. The monoisotopic (exact) mass is 441 g/mol. The van der Waals surface area contributed by atoms with Crippen LogP contribution in [-0.4, -0.2) is 5.91 Å². The molecule has 1 atom stereocenters. The first-order valence-corrected chi connectivity index (χ1v) is 8.36. The van der Waals surface area contributed by atoms with Gasteiger partial charge in [-0.2, -0.15) is 0 Å². The molecule has 0 fully saturated rings. The first-order valence-electron chi connectivity index (χ1n) is 6.49. The average Bonchev–Trinajstić information content (AvgIpc) is 2.85. The first-order chi connectivity index (χ1) is 9.65. The third kappa shape index (κ3) is 2.76. The van der Waals surface area contributed by atoms with Gasteiger partial charge in [-0.15, -0.1) is 0 Å². The van der Waals surface area contributed by atoms with Crippen molar-refractivity contribution in [1.29, 1.82) is 0 Å². The fourth-order valence-corrected chi connectivity index (χ4v) is 3.56. The molecule has 4 heteroatoms. The van der Waals surface area contributed by atoms with Gasteiger partial charge in [-0.1, -0.05) is 40.2 Å². The summed E-state index contributed by atoms with van der Waals surface area (Å²) in [7, 11) is 0. The lowest BCUT2D eigenvalue weighted by Gasteiger charge is -2.15. The standard InChI is InChI=1S/C16H13BrINO/c17-11-6-7-14(18)13(9-11)16(20)19-15-8-5-10-3-1-2-4-12(10)15/h1-4,6-7,9,15H,5,8H2,(H,19,20). The van der Waals surface area contributed by atoms with Crippen LogP contribution >= 0.6 is 38.5 Å². The lowest BCUT2D eigenvalue weighted by molar-refractivity contribution is 0.0936. The van der Waals surface area contributed by atoms with E-state index in [0.29, 0.717) is 0 Å². The molecule has 1 amide bonds. The highest BCUT2D eigenvalue weighted by Crippen LogP contribution is 2.31. The van der Waals surface area contributed by atoms with Gasteiger partial charge in [0.05, 0.1) is 11.6 Å². The minimum Gasteiger partial charge on any atom is -0.345 e. The van der Waals surface area contributed by atoms with Gasteiger partial charge in [0, 0.05) is 8.04 Å². The third-order valence-corrected chi connectivity index (χ3v) is 5.05. The zero-order valence-electron chi connectivity index (χ0n) is 10.7. The van der Waals surface area contributed by atoms with E-state index in [-0.39, 0.29) is 11.9 Å². The van der Waals surface area contributed by atoms with E-state index >= 15 is 0 Å². The minimum absolute atomic E-state index is 0.00240. The van der Waals surface area contributed by atoms with E-state index < -0.39 is 0 Å². The molecule has 0 spiro atoms. The quantitative estimate of drug-likeness (QED) is 0.684. The third-order valence-electron chi connectivity index (χ3n) is 3.61. The van der Waals surface area contributed by atoms with E-state index in [1.165, 1.54) is 11.1 Å². The summed E-state index contributed by atoms with van der Waals surface area (Å²) in [4.78, 5) is 12.4. The zero-order chi connectivity index (χ0) is 14.1. The number of carbonyl (C=O) groups is 1. The van der Waals surface area contributed by atoms with Gasteiger partial charge in [0.25, 0.3) is 5.91 Å². The maximum Gasteiger partial charge on any atom is 0.252 e. The number of rotatable bonds is 2. The van der Waals surface area contributed by atoms with E-state index in [4.69, 9.17) is 0 Å². The summed E-state index contributed by atoms with van der Waals surface area (Å²) in [6.45, 7) is 0. The molecular formula is C16H13BrINO. The molecule has 1 aliphatic rings. The molecule has 3 rings (SSSR count). The first kappa shape index (κ1) is 14.1. The van der Waals surface area contributed by atoms with Crippen molar-refractivity contribution in [3.05, 3.63) is 67.2 Å². The van der Waals surface area contributed by atoms with Crippen LogP contribution in [0, 0.1) is 3.57 Å². The molecule has 20 heavy (non-hydrogen) atoms. The molecule has 2 aromatic carbocycles. The van der Waals surface area contributed by atoms with Gasteiger partial charge in [0.2, 0.25) is 0 Å². The second-order valence-electron chi connectivity index (χ2n) is 4.89. The van der Waals surface area contributed by atoms with Crippen molar-refractivity contribution in [3.63, 3.8) is 0 Å². The molecule has 102 valence electrons. The van der Waals surface area contributed by atoms with Gasteiger partial charge >= 0.3 is 0 Å². The van der Waals surface area contributed by atoms with Crippen LogP contribution in [0.2, 0.25) is 0 Å². The van der Waals surface area contributed by atoms with E-state index in [9.17, 15) is 4.79 Å². The molecule has 2 aromatic rings. The summed E-state index contributed by atoms with van der Waals surface area (Å²) in [6, 6.07) is 14.2. The van der Waals surface area contributed by atoms with Gasteiger partial charge < -0.3 is 5.32 Å². The van der Waals surface area contributed by atoms with Crippen LogP contribution in [0.4, 0.5) is 0 Å². The molecule has 2 nitrogen and oxygen atoms in total. The summed E-state index contributed by atoms with van der Waals surface area (Å²) in [5.74, 6) is -0.00240. The molecular weight excluding hydrogens is 429 g/mol. The molecule has 0 saturated heterocycles. The van der Waals surface area contributed by atoms with Crippen LogP contribution in [0.1, 0.15) is 33.9 Å². The van der Waals surface area contributed by atoms with Crippen LogP contribution in [-0.2, 0) is 6.42 Å². The maximum atomic E-state index is 12.4. The molecule has 1 N–H and O–H groups in total. The number of carbonyl (C=O) groups excluding carboxylic acids is 1. The van der Waals surface area contributed by atoms with E-state index in [2.05, 4.69) is 62.0 Å². The predicted octanol–water partition coefficient (Wildman–Crippen LogP) is 4.47. The van der Waals surface area contributed by atoms with Crippen LogP contribution in [0.5, 0.6) is 0 Å². The number of hydrogen-bond donors (Lipinski definition) is 1. The Balaban J connectivity index is 1.82. The number of benzene rings is 2. The van der Waals surface area contributed by atoms with Crippen LogP contribution in [0.15, 0.2) is 46.9 Å². The Hall–Kier alpha value is -0.880. The van der Waals surface area contributed by atoms with Crippen molar-refractivity contribution in [2.75, 3.05) is 0 Å². The summed E-state index contributed by atoms with van der Waals surface area (Å²) in [6.07, 6.45) is 2.02. The number of amides is 1. The summed E-state index contributed by atoms with van der Waals surface area (Å²) in [5, 5.41) is 3.15. The summed E-state index contributed by atoms with van der Waals surface area (Å²) >= 11 is 5.62. The highest BCUT2D eigenvalue weighted by Gasteiger charge is 2.24. The maximum absolute atomic E-state index is 12.4. The molecule has 0 radical (unpaired) electrons. The molecule has 1 unspecified atom stereocenters. The molecule has 0 bridgehead atoms. The van der Waals surface area contributed by atoms with Crippen molar-refractivity contribution in [2.45, 2.75) is 18.9 Å². The van der Waals surface area contributed by atoms with Gasteiger partial charge in [0.1, 0.15) is 0 Å². The number of fused-ring (bicyclic) bond motifs is 1. The molecule has 1 aliphatic carbocycles. The second-order valence-corrected chi connectivity index (χ2v) is 6.97. The topological polar surface area (TPSA) is 29.1 Å². The van der Waals surface area contributed by atoms with Crippen molar-refractivity contribution in [3.8, 4) is 0 Å². The Morgan fingerprint density at radius 2 is 2.05 bits per heavy atom.